The van der Waals surface area contributed by atoms with E-state index in [0.717, 1.165) is 25.7 Å². The molecule has 1 fully saturated rings. The molecule has 2 atom stereocenters. The predicted octanol–water partition coefficient (Wildman–Crippen LogP) is 1.25. The Hall–Kier alpha value is -1.31. The summed E-state index contributed by atoms with van der Waals surface area (Å²) in [5.41, 5.74) is 5.72. The molecule has 0 radical (unpaired) electrons. The molecule has 3 N–H and O–H groups in total. The Morgan fingerprint density at radius 1 is 1.14 bits per heavy atom. The Morgan fingerprint density at radius 3 is 2.68 bits per heavy atom. The van der Waals surface area contributed by atoms with Gasteiger partial charge in [-0.3, -0.25) is 0 Å². The minimum Gasteiger partial charge on any atom is -0.490 e. The second-order valence-electron chi connectivity index (χ2n) is 5.81. The van der Waals surface area contributed by atoms with Gasteiger partial charge in [-0.2, -0.15) is 0 Å². The third-order valence-electron chi connectivity index (χ3n) is 4.30. The number of benzene rings is 1. The van der Waals surface area contributed by atoms with E-state index < -0.39 is 10.0 Å². The SMILES string of the molecule is NCC1CCCC1NS(=O)(=O)c1ccc2c(c1)OCCCO2. The van der Waals surface area contributed by atoms with Gasteiger partial charge >= 0.3 is 0 Å². The topological polar surface area (TPSA) is 90.7 Å². The van der Waals surface area contributed by atoms with Crippen molar-refractivity contribution in [1.29, 1.82) is 0 Å². The summed E-state index contributed by atoms with van der Waals surface area (Å²) in [6.45, 7) is 1.62. The van der Waals surface area contributed by atoms with Crippen LogP contribution in [-0.4, -0.2) is 34.2 Å². The van der Waals surface area contributed by atoms with Gasteiger partial charge in [0.25, 0.3) is 0 Å². The Bertz CT molecular complexity index is 632. The third-order valence-corrected chi connectivity index (χ3v) is 5.79. The normalized spacial score (nSPS) is 25.0. The molecule has 1 heterocycles. The number of ether oxygens (including phenoxy) is 2. The summed E-state index contributed by atoms with van der Waals surface area (Å²) in [5.74, 6) is 1.30. The van der Waals surface area contributed by atoms with Crippen molar-refractivity contribution in [3.05, 3.63) is 18.2 Å². The lowest BCUT2D eigenvalue weighted by Crippen LogP contribution is -2.39. The van der Waals surface area contributed by atoms with E-state index in [2.05, 4.69) is 4.72 Å². The molecule has 0 aromatic heterocycles. The summed E-state index contributed by atoms with van der Waals surface area (Å²) in [4.78, 5) is 0.208. The maximum absolute atomic E-state index is 12.6. The third kappa shape index (κ3) is 3.21. The van der Waals surface area contributed by atoms with E-state index >= 15 is 0 Å². The molecule has 1 aromatic rings. The van der Waals surface area contributed by atoms with Crippen molar-refractivity contribution in [2.24, 2.45) is 11.7 Å². The molecule has 3 rings (SSSR count). The molecule has 0 amide bonds. The minimum atomic E-state index is -3.57. The maximum atomic E-state index is 12.6. The Balaban J connectivity index is 1.81. The Kier molecular flexibility index (Phi) is 4.56. The standard InChI is InChI=1S/C15H22N2O4S/c16-10-11-3-1-4-13(11)17-22(18,19)12-5-6-14-15(9-12)21-8-2-7-20-14/h5-6,9,11,13,17H,1-4,7-8,10,16H2. The van der Waals surface area contributed by atoms with Crippen LogP contribution in [0.2, 0.25) is 0 Å². The molecule has 1 aliphatic heterocycles. The van der Waals surface area contributed by atoms with Gasteiger partial charge in [-0.25, -0.2) is 13.1 Å². The van der Waals surface area contributed by atoms with Crippen LogP contribution in [0.1, 0.15) is 25.7 Å². The van der Waals surface area contributed by atoms with E-state index in [1.54, 1.807) is 12.1 Å². The first kappa shape index (κ1) is 15.6. The average molecular weight is 326 g/mol. The fourth-order valence-electron chi connectivity index (χ4n) is 3.05. The van der Waals surface area contributed by atoms with E-state index in [-0.39, 0.29) is 16.9 Å². The molecule has 1 aromatic carbocycles. The molecular weight excluding hydrogens is 304 g/mol. The first-order valence-electron chi connectivity index (χ1n) is 7.72. The van der Waals surface area contributed by atoms with Gasteiger partial charge in [-0.1, -0.05) is 6.42 Å². The van der Waals surface area contributed by atoms with Crippen molar-refractivity contribution in [1.82, 2.24) is 4.72 Å². The lowest BCUT2D eigenvalue weighted by atomic mass is 10.1. The Labute approximate surface area is 131 Å². The lowest BCUT2D eigenvalue weighted by molar-refractivity contribution is 0.297. The van der Waals surface area contributed by atoms with Crippen molar-refractivity contribution in [3.63, 3.8) is 0 Å². The summed E-state index contributed by atoms with van der Waals surface area (Å²) < 4.78 is 39.0. The number of sulfonamides is 1. The largest absolute Gasteiger partial charge is 0.490 e. The zero-order chi connectivity index (χ0) is 15.6. The quantitative estimate of drug-likeness (QED) is 0.869. The van der Waals surface area contributed by atoms with Crippen LogP contribution in [0.25, 0.3) is 0 Å². The van der Waals surface area contributed by atoms with Crippen LogP contribution in [-0.2, 0) is 10.0 Å². The number of fused-ring (bicyclic) bond motifs is 1. The van der Waals surface area contributed by atoms with Gasteiger partial charge in [0.2, 0.25) is 10.0 Å². The average Bonchev–Trinajstić information content (AvgIpc) is 2.80. The fourth-order valence-corrected chi connectivity index (χ4v) is 4.41. The molecule has 0 bridgehead atoms. The monoisotopic (exact) mass is 326 g/mol. The first-order chi connectivity index (χ1) is 10.6. The Morgan fingerprint density at radius 2 is 1.91 bits per heavy atom. The zero-order valence-corrected chi connectivity index (χ0v) is 13.3. The van der Waals surface area contributed by atoms with Crippen molar-refractivity contribution in [2.45, 2.75) is 36.6 Å². The smallest absolute Gasteiger partial charge is 0.240 e. The van der Waals surface area contributed by atoms with E-state index in [9.17, 15) is 8.42 Å². The molecule has 1 aliphatic carbocycles. The number of hydrogen-bond acceptors (Lipinski definition) is 5. The van der Waals surface area contributed by atoms with E-state index in [0.29, 0.717) is 31.3 Å². The summed E-state index contributed by atoms with van der Waals surface area (Å²) in [7, 11) is -3.57. The fraction of sp³-hybridized carbons (Fsp3) is 0.600. The molecule has 7 heteroatoms. The molecule has 6 nitrogen and oxygen atoms in total. The van der Waals surface area contributed by atoms with Crippen LogP contribution in [0, 0.1) is 5.92 Å². The molecule has 2 aliphatic rings. The summed E-state index contributed by atoms with van der Waals surface area (Å²) in [5, 5.41) is 0. The molecule has 22 heavy (non-hydrogen) atoms. The number of rotatable bonds is 4. The summed E-state index contributed by atoms with van der Waals surface area (Å²) in [6.07, 6.45) is 3.61. The van der Waals surface area contributed by atoms with Crippen LogP contribution < -0.4 is 19.9 Å². The van der Waals surface area contributed by atoms with E-state index in [4.69, 9.17) is 15.2 Å². The van der Waals surface area contributed by atoms with Gasteiger partial charge in [0.1, 0.15) is 0 Å². The predicted molar refractivity (Wildman–Crippen MR) is 82.6 cm³/mol. The molecule has 122 valence electrons. The van der Waals surface area contributed by atoms with Gasteiger partial charge in [-0.15, -0.1) is 0 Å². The highest BCUT2D eigenvalue weighted by atomic mass is 32.2. The van der Waals surface area contributed by atoms with Crippen LogP contribution >= 0.6 is 0 Å². The van der Waals surface area contributed by atoms with E-state index in [1.807, 2.05) is 0 Å². The molecular formula is C15H22N2O4S. The van der Waals surface area contributed by atoms with Crippen molar-refractivity contribution >= 4 is 10.0 Å². The van der Waals surface area contributed by atoms with Crippen molar-refractivity contribution < 1.29 is 17.9 Å². The summed E-state index contributed by atoms with van der Waals surface area (Å²) in [6, 6.07) is 4.67. The van der Waals surface area contributed by atoms with Crippen molar-refractivity contribution in [2.75, 3.05) is 19.8 Å². The molecule has 0 spiro atoms. The second-order valence-corrected chi connectivity index (χ2v) is 7.53. The highest BCUT2D eigenvalue weighted by Crippen LogP contribution is 2.32. The highest BCUT2D eigenvalue weighted by molar-refractivity contribution is 7.89. The van der Waals surface area contributed by atoms with Gasteiger partial charge in [0.05, 0.1) is 18.1 Å². The van der Waals surface area contributed by atoms with Crippen LogP contribution in [0.5, 0.6) is 11.5 Å². The summed E-state index contributed by atoms with van der Waals surface area (Å²) >= 11 is 0. The molecule has 1 saturated carbocycles. The zero-order valence-electron chi connectivity index (χ0n) is 12.5. The van der Waals surface area contributed by atoms with Gasteiger partial charge in [-0.05, 0) is 37.4 Å². The van der Waals surface area contributed by atoms with Gasteiger partial charge < -0.3 is 15.2 Å². The molecule has 2 unspecified atom stereocenters. The second kappa shape index (κ2) is 6.44. The number of hydrogen-bond donors (Lipinski definition) is 2. The first-order valence-corrected chi connectivity index (χ1v) is 9.20. The van der Waals surface area contributed by atoms with Crippen LogP contribution in [0.3, 0.4) is 0 Å². The highest BCUT2D eigenvalue weighted by Gasteiger charge is 2.30. The van der Waals surface area contributed by atoms with Gasteiger partial charge in [0.15, 0.2) is 11.5 Å². The minimum absolute atomic E-state index is 0.0778. The molecule has 0 saturated heterocycles. The lowest BCUT2D eigenvalue weighted by Gasteiger charge is -2.19. The van der Waals surface area contributed by atoms with Crippen LogP contribution in [0.4, 0.5) is 0 Å². The maximum Gasteiger partial charge on any atom is 0.240 e. The van der Waals surface area contributed by atoms with Crippen LogP contribution in [0.15, 0.2) is 23.1 Å². The van der Waals surface area contributed by atoms with Crippen molar-refractivity contribution in [3.8, 4) is 11.5 Å². The number of nitrogens with one attached hydrogen (secondary N) is 1. The van der Waals surface area contributed by atoms with Gasteiger partial charge in [0, 0.05) is 18.5 Å². The van der Waals surface area contributed by atoms with E-state index in [1.165, 1.54) is 6.07 Å². The number of nitrogens with two attached hydrogens (primary N) is 1.